The van der Waals surface area contributed by atoms with E-state index in [0.29, 0.717) is 49.9 Å². The van der Waals surface area contributed by atoms with Crippen LogP contribution < -0.4 is 0 Å². The largest absolute Gasteiger partial charge is 0.348 e. The minimum absolute atomic E-state index is 0.0287. The Kier molecular flexibility index (Phi) is 6.13. The van der Waals surface area contributed by atoms with E-state index in [4.69, 9.17) is 11.6 Å². The van der Waals surface area contributed by atoms with E-state index < -0.39 is 0 Å². The van der Waals surface area contributed by atoms with Crippen molar-refractivity contribution in [2.75, 3.05) is 46.8 Å². The smallest absolute Gasteiger partial charge is 0.257 e. The van der Waals surface area contributed by atoms with Gasteiger partial charge in [-0.15, -0.1) is 0 Å². The fourth-order valence-corrected chi connectivity index (χ4v) is 3.18. The maximum Gasteiger partial charge on any atom is 0.257 e. The molecule has 1 aromatic heterocycles. The van der Waals surface area contributed by atoms with Gasteiger partial charge in [-0.05, 0) is 11.6 Å². The van der Waals surface area contributed by atoms with Crippen molar-refractivity contribution in [1.82, 2.24) is 24.5 Å². The topological polar surface area (TPSA) is 61.7 Å². The Balaban J connectivity index is 1.56. The molecule has 1 aromatic carbocycles. The lowest BCUT2D eigenvalue weighted by Gasteiger charge is -2.34. The number of likely N-dealkylation sites (N-methyl/N-ethyl adjacent to an activating group) is 1. The highest BCUT2D eigenvalue weighted by molar-refractivity contribution is 6.31. The van der Waals surface area contributed by atoms with E-state index in [0.717, 1.165) is 5.56 Å². The van der Waals surface area contributed by atoms with E-state index in [9.17, 15) is 9.59 Å². The normalized spacial score (nSPS) is 15.0. The van der Waals surface area contributed by atoms with Crippen LogP contribution in [0.25, 0.3) is 0 Å². The van der Waals surface area contributed by atoms with Crippen LogP contribution >= 0.6 is 11.6 Å². The number of nitrogens with zero attached hydrogens (tertiary/aromatic N) is 5. The lowest BCUT2D eigenvalue weighted by Crippen LogP contribution is -2.51. The molecule has 3 rings (SSSR count). The summed E-state index contributed by atoms with van der Waals surface area (Å²) in [5.74, 6) is 0.0506. The number of rotatable bonds is 5. The summed E-state index contributed by atoms with van der Waals surface area (Å²) in [6.07, 6.45) is 3.36. The second-order valence-corrected chi connectivity index (χ2v) is 7.28. The molecule has 0 saturated carbocycles. The third kappa shape index (κ3) is 4.87. The Morgan fingerprint density at radius 2 is 1.85 bits per heavy atom. The first kappa shape index (κ1) is 19.4. The first-order valence-electron chi connectivity index (χ1n) is 8.91. The standard InChI is InChI=1S/C19H24ClN5O2/c1-22(2)18(26)14-23-7-9-24(10-8-23)19(27)16-11-21-25(13-16)12-15-5-3-4-6-17(15)20/h3-6,11,13H,7-10,12,14H2,1-2H3. The molecule has 0 atom stereocenters. The fraction of sp³-hybridized carbons (Fsp3) is 0.421. The molecule has 0 radical (unpaired) electrons. The molecule has 0 aliphatic carbocycles. The highest BCUT2D eigenvalue weighted by Gasteiger charge is 2.24. The minimum Gasteiger partial charge on any atom is -0.348 e. The predicted octanol–water partition coefficient (Wildman–Crippen LogP) is 1.43. The lowest BCUT2D eigenvalue weighted by atomic mass is 10.2. The van der Waals surface area contributed by atoms with Gasteiger partial charge in [0, 0.05) is 51.5 Å². The molecule has 2 amide bonds. The Morgan fingerprint density at radius 1 is 1.15 bits per heavy atom. The number of aromatic nitrogens is 2. The van der Waals surface area contributed by atoms with Gasteiger partial charge in [0.05, 0.1) is 24.8 Å². The molecule has 2 heterocycles. The third-order valence-corrected chi connectivity index (χ3v) is 5.06. The molecular weight excluding hydrogens is 366 g/mol. The van der Waals surface area contributed by atoms with Crippen molar-refractivity contribution in [1.29, 1.82) is 0 Å². The van der Waals surface area contributed by atoms with Crippen LogP contribution in [0.4, 0.5) is 0 Å². The van der Waals surface area contributed by atoms with Crippen molar-refractivity contribution in [2.45, 2.75) is 6.54 Å². The van der Waals surface area contributed by atoms with Gasteiger partial charge in [-0.2, -0.15) is 5.10 Å². The van der Waals surface area contributed by atoms with Crippen LogP contribution in [0.3, 0.4) is 0 Å². The molecule has 8 heteroatoms. The van der Waals surface area contributed by atoms with E-state index in [2.05, 4.69) is 10.00 Å². The molecule has 0 unspecified atom stereocenters. The summed E-state index contributed by atoms with van der Waals surface area (Å²) >= 11 is 6.19. The highest BCUT2D eigenvalue weighted by Crippen LogP contribution is 2.16. The number of benzene rings is 1. The van der Waals surface area contributed by atoms with Gasteiger partial charge < -0.3 is 9.80 Å². The van der Waals surface area contributed by atoms with Crippen molar-refractivity contribution in [3.05, 3.63) is 52.8 Å². The molecule has 0 N–H and O–H groups in total. The predicted molar refractivity (Wildman–Crippen MR) is 104 cm³/mol. The van der Waals surface area contributed by atoms with Crippen molar-refractivity contribution in [3.63, 3.8) is 0 Å². The van der Waals surface area contributed by atoms with Crippen LogP contribution in [-0.4, -0.2) is 83.1 Å². The van der Waals surface area contributed by atoms with Crippen molar-refractivity contribution < 1.29 is 9.59 Å². The molecule has 1 aliphatic heterocycles. The van der Waals surface area contributed by atoms with Gasteiger partial charge in [0.25, 0.3) is 5.91 Å². The number of hydrogen-bond donors (Lipinski definition) is 0. The van der Waals surface area contributed by atoms with Crippen LogP contribution in [0, 0.1) is 0 Å². The number of piperazine rings is 1. The number of amides is 2. The molecule has 1 fully saturated rings. The first-order chi connectivity index (χ1) is 12.9. The number of carbonyl (C=O) groups excluding carboxylic acids is 2. The van der Waals surface area contributed by atoms with Crippen LogP contribution in [0.1, 0.15) is 15.9 Å². The molecule has 2 aromatic rings. The number of carbonyl (C=O) groups is 2. The maximum atomic E-state index is 12.7. The SMILES string of the molecule is CN(C)C(=O)CN1CCN(C(=O)c2cnn(Cc3ccccc3Cl)c2)CC1. The molecule has 1 saturated heterocycles. The average Bonchev–Trinajstić information content (AvgIpc) is 3.12. The van der Waals surface area contributed by atoms with Crippen LogP contribution in [0.2, 0.25) is 5.02 Å². The van der Waals surface area contributed by atoms with Gasteiger partial charge in [-0.1, -0.05) is 29.8 Å². The van der Waals surface area contributed by atoms with Gasteiger partial charge in [0.15, 0.2) is 0 Å². The summed E-state index contributed by atoms with van der Waals surface area (Å²) in [6, 6.07) is 7.60. The monoisotopic (exact) mass is 389 g/mol. The second kappa shape index (κ2) is 8.54. The maximum absolute atomic E-state index is 12.7. The molecule has 27 heavy (non-hydrogen) atoms. The fourth-order valence-electron chi connectivity index (χ4n) is 2.99. The zero-order valence-corrected chi connectivity index (χ0v) is 16.4. The van der Waals surface area contributed by atoms with Crippen LogP contribution in [0.15, 0.2) is 36.7 Å². The van der Waals surface area contributed by atoms with E-state index in [-0.39, 0.29) is 11.8 Å². The Hall–Kier alpha value is -2.38. The van der Waals surface area contributed by atoms with Crippen molar-refractivity contribution in [3.8, 4) is 0 Å². The average molecular weight is 390 g/mol. The zero-order valence-electron chi connectivity index (χ0n) is 15.6. The molecule has 0 bridgehead atoms. The van der Waals surface area contributed by atoms with Crippen molar-refractivity contribution >= 4 is 23.4 Å². The van der Waals surface area contributed by atoms with Gasteiger partial charge >= 0.3 is 0 Å². The summed E-state index contributed by atoms with van der Waals surface area (Å²) in [5.41, 5.74) is 1.53. The summed E-state index contributed by atoms with van der Waals surface area (Å²) in [7, 11) is 3.50. The molecule has 0 spiro atoms. The van der Waals surface area contributed by atoms with Crippen LogP contribution in [0.5, 0.6) is 0 Å². The highest BCUT2D eigenvalue weighted by atomic mass is 35.5. The molecular formula is C19H24ClN5O2. The Morgan fingerprint density at radius 3 is 2.52 bits per heavy atom. The van der Waals surface area contributed by atoms with E-state index in [1.165, 1.54) is 0 Å². The summed E-state index contributed by atoms with van der Waals surface area (Å²) in [6.45, 7) is 3.51. The first-order valence-corrected chi connectivity index (χ1v) is 9.29. The lowest BCUT2D eigenvalue weighted by molar-refractivity contribution is -0.130. The molecule has 144 valence electrons. The summed E-state index contributed by atoms with van der Waals surface area (Å²) in [4.78, 5) is 30.0. The van der Waals surface area contributed by atoms with Gasteiger partial charge in [-0.25, -0.2) is 0 Å². The van der Waals surface area contributed by atoms with Gasteiger partial charge in [-0.3, -0.25) is 19.2 Å². The quantitative estimate of drug-likeness (QED) is 0.776. The second-order valence-electron chi connectivity index (χ2n) is 6.87. The van der Waals surface area contributed by atoms with E-state index >= 15 is 0 Å². The zero-order chi connectivity index (χ0) is 19.4. The van der Waals surface area contributed by atoms with Gasteiger partial charge in [0.2, 0.25) is 5.91 Å². The third-order valence-electron chi connectivity index (χ3n) is 4.69. The van der Waals surface area contributed by atoms with E-state index in [1.54, 1.807) is 36.1 Å². The minimum atomic E-state index is -0.0287. The number of halogens is 1. The van der Waals surface area contributed by atoms with Crippen molar-refractivity contribution in [2.24, 2.45) is 0 Å². The summed E-state index contributed by atoms with van der Waals surface area (Å²) < 4.78 is 1.72. The van der Waals surface area contributed by atoms with Crippen LogP contribution in [-0.2, 0) is 11.3 Å². The molecule has 7 nitrogen and oxygen atoms in total. The number of hydrogen-bond acceptors (Lipinski definition) is 4. The summed E-state index contributed by atoms with van der Waals surface area (Å²) in [5, 5.41) is 4.98. The van der Waals surface area contributed by atoms with Gasteiger partial charge in [0.1, 0.15) is 0 Å². The Labute approximate surface area is 164 Å². The van der Waals surface area contributed by atoms with E-state index in [1.807, 2.05) is 29.2 Å². The molecule has 1 aliphatic rings. The Bertz CT molecular complexity index is 812.